The van der Waals surface area contributed by atoms with E-state index in [9.17, 15) is 4.79 Å². The molecule has 2 N–H and O–H groups in total. The molecule has 2 aromatic rings. The van der Waals surface area contributed by atoms with Crippen molar-refractivity contribution in [3.8, 4) is 10.6 Å². The molecule has 7 heteroatoms. The molecular formula is C17H22ClN3O2S. The van der Waals surface area contributed by atoms with Gasteiger partial charge in [0.2, 0.25) is 5.91 Å². The zero-order valence-electron chi connectivity index (χ0n) is 13.5. The van der Waals surface area contributed by atoms with E-state index in [2.05, 4.69) is 33.1 Å². The first-order valence-electron chi connectivity index (χ1n) is 7.86. The summed E-state index contributed by atoms with van der Waals surface area (Å²) < 4.78 is 5.49. The number of morpholine rings is 1. The molecule has 1 aromatic heterocycles. The van der Waals surface area contributed by atoms with Crippen molar-refractivity contribution in [1.29, 1.82) is 0 Å². The summed E-state index contributed by atoms with van der Waals surface area (Å²) in [5, 5.41) is 9.23. The van der Waals surface area contributed by atoms with Crippen molar-refractivity contribution in [2.45, 2.75) is 25.5 Å². The van der Waals surface area contributed by atoms with E-state index in [4.69, 9.17) is 4.74 Å². The molecule has 0 spiro atoms. The Kier molecular flexibility index (Phi) is 7.17. The highest BCUT2D eigenvalue weighted by atomic mass is 35.5. The van der Waals surface area contributed by atoms with Crippen LogP contribution in [0.3, 0.4) is 0 Å². The van der Waals surface area contributed by atoms with Crippen LogP contribution >= 0.6 is 23.7 Å². The van der Waals surface area contributed by atoms with Gasteiger partial charge in [-0.3, -0.25) is 4.79 Å². The van der Waals surface area contributed by atoms with Crippen molar-refractivity contribution in [2.75, 3.05) is 19.7 Å². The molecule has 5 nitrogen and oxygen atoms in total. The Balaban J connectivity index is 0.00000208. The molecule has 0 unspecified atom stereocenters. The average molecular weight is 368 g/mol. The third kappa shape index (κ3) is 4.77. The van der Waals surface area contributed by atoms with Crippen LogP contribution in [-0.4, -0.2) is 42.7 Å². The molecular weight excluding hydrogens is 346 g/mol. The summed E-state index contributed by atoms with van der Waals surface area (Å²) in [6.07, 6.45) is 0.643. The molecule has 24 heavy (non-hydrogen) atoms. The van der Waals surface area contributed by atoms with Crippen molar-refractivity contribution in [2.24, 2.45) is 0 Å². The van der Waals surface area contributed by atoms with E-state index in [-0.39, 0.29) is 30.5 Å². The first-order chi connectivity index (χ1) is 11.2. The molecule has 0 saturated carbocycles. The fourth-order valence-corrected chi connectivity index (χ4v) is 3.45. The number of aromatic nitrogens is 1. The number of hydrogen-bond acceptors (Lipinski definition) is 5. The first-order valence-corrected chi connectivity index (χ1v) is 8.74. The molecule has 130 valence electrons. The van der Waals surface area contributed by atoms with Crippen LogP contribution < -0.4 is 10.6 Å². The summed E-state index contributed by atoms with van der Waals surface area (Å²) in [6.45, 7) is 3.88. The van der Waals surface area contributed by atoms with Crippen LogP contribution in [0.4, 0.5) is 0 Å². The molecule has 2 heterocycles. The van der Waals surface area contributed by atoms with E-state index >= 15 is 0 Å². The number of nitrogens with one attached hydrogen (secondary N) is 2. The van der Waals surface area contributed by atoms with Crippen LogP contribution in [0, 0.1) is 0 Å². The molecule has 1 fully saturated rings. The van der Waals surface area contributed by atoms with E-state index in [1.54, 1.807) is 11.3 Å². The van der Waals surface area contributed by atoms with E-state index in [0.717, 1.165) is 29.2 Å². The number of halogens is 1. The van der Waals surface area contributed by atoms with Gasteiger partial charge in [0.05, 0.1) is 18.4 Å². The first kappa shape index (κ1) is 18.9. The minimum atomic E-state index is -0.265. The van der Waals surface area contributed by atoms with Gasteiger partial charge in [-0.25, -0.2) is 4.98 Å². The third-order valence-corrected chi connectivity index (χ3v) is 4.79. The molecule has 1 aliphatic rings. The third-order valence-electron chi connectivity index (χ3n) is 3.85. The Morgan fingerprint density at radius 1 is 1.42 bits per heavy atom. The Morgan fingerprint density at radius 3 is 2.96 bits per heavy atom. The number of amides is 1. The van der Waals surface area contributed by atoms with Gasteiger partial charge in [0.15, 0.2) is 0 Å². The second-order valence-corrected chi connectivity index (χ2v) is 6.42. The zero-order chi connectivity index (χ0) is 16.1. The number of carbonyl (C=O) groups excluding carboxylic acids is 1. The van der Waals surface area contributed by atoms with Gasteiger partial charge in [-0.1, -0.05) is 30.3 Å². The molecule has 2 atom stereocenters. The quantitative estimate of drug-likeness (QED) is 0.851. The van der Waals surface area contributed by atoms with Crippen molar-refractivity contribution in [1.82, 2.24) is 15.6 Å². The highest BCUT2D eigenvalue weighted by molar-refractivity contribution is 7.13. The molecule has 0 radical (unpaired) electrons. The second-order valence-electron chi connectivity index (χ2n) is 5.56. The van der Waals surface area contributed by atoms with Crippen LogP contribution in [0.25, 0.3) is 10.6 Å². The molecule has 1 saturated heterocycles. The van der Waals surface area contributed by atoms with E-state index in [1.165, 1.54) is 0 Å². The van der Waals surface area contributed by atoms with Crippen LogP contribution in [0.15, 0.2) is 35.7 Å². The van der Waals surface area contributed by atoms with Gasteiger partial charge in [0, 0.05) is 30.5 Å². The standard InChI is InChI=1S/C17H21N3O2S.ClH/c1-12-15(18-9-10-22-12)16(21)19-8-7-14-11-23-17(20-14)13-5-3-2-4-6-13;/h2-6,11-12,15,18H,7-10H2,1H3,(H,19,21);1H/t12-,15+;/m1./s1. The van der Waals surface area contributed by atoms with Crippen LogP contribution in [0.5, 0.6) is 0 Å². The molecule has 1 aromatic carbocycles. The van der Waals surface area contributed by atoms with Crippen LogP contribution in [0.2, 0.25) is 0 Å². The fourth-order valence-electron chi connectivity index (χ4n) is 2.59. The maximum atomic E-state index is 12.2. The van der Waals surface area contributed by atoms with Gasteiger partial charge < -0.3 is 15.4 Å². The Hall–Kier alpha value is -1.47. The Morgan fingerprint density at radius 2 is 2.21 bits per heavy atom. The zero-order valence-corrected chi connectivity index (χ0v) is 15.2. The van der Waals surface area contributed by atoms with Crippen molar-refractivity contribution < 1.29 is 9.53 Å². The van der Waals surface area contributed by atoms with E-state index in [1.807, 2.05) is 25.1 Å². The summed E-state index contributed by atoms with van der Waals surface area (Å²) in [5.74, 6) is -0.00397. The lowest BCUT2D eigenvalue weighted by molar-refractivity contribution is -0.128. The van der Waals surface area contributed by atoms with Gasteiger partial charge in [0.25, 0.3) is 0 Å². The minimum Gasteiger partial charge on any atom is -0.375 e. The summed E-state index contributed by atoms with van der Waals surface area (Å²) in [5.41, 5.74) is 2.14. The molecule has 1 amide bonds. The molecule has 3 rings (SSSR count). The number of nitrogens with zero attached hydrogens (tertiary/aromatic N) is 1. The molecule has 1 aliphatic heterocycles. The summed E-state index contributed by atoms with van der Waals surface area (Å²) >= 11 is 1.63. The second kappa shape index (κ2) is 9.13. The van der Waals surface area contributed by atoms with E-state index < -0.39 is 0 Å². The lowest BCUT2D eigenvalue weighted by Crippen LogP contribution is -2.55. The van der Waals surface area contributed by atoms with Crippen molar-refractivity contribution >= 4 is 29.7 Å². The maximum absolute atomic E-state index is 12.2. The van der Waals surface area contributed by atoms with Gasteiger partial charge in [-0.05, 0) is 6.92 Å². The highest BCUT2D eigenvalue weighted by Crippen LogP contribution is 2.23. The minimum absolute atomic E-state index is 0. The lowest BCUT2D eigenvalue weighted by Gasteiger charge is -2.29. The largest absolute Gasteiger partial charge is 0.375 e. The van der Waals surface area contributed by atoms with Crippen LogP contribution in [-0.2, 0) is 16.0 Å². The van der Waals surface area contributed by atoms with E-state index in [0.29, 0.717) is 13.2 Å². The van der Waals surface area contributed by atoms with Crippen LogP contribution in [0.1, 0.15) is 12.6 Å². The fraction of sp³-hybridized carbons (Fsp3) is 0.412. The number of ether oxygens (including phenoxy) is 1. The topological polar surface area (TPSA) is 63.2 Å². The summed E-state index contributed by atoms with van der Waals surface area (Å²) in [6, 6.07) is 9.87. The Labute approximate surface area is 152 Å². The molecule has 0 bridgehead atoms. The average Bonchev–Trinajstić information content (AvgIpc) is 3.05. The predicted octanol–water partition coefficient (Wildman–Crippen LogP) is 2.27. The number of thiazole rings is 1. The number of rotatable bonds is 5. The van der Waals surface area contributed by atoms with Gasteiger partial charge >= 0.3 is 0 Å². The summed E-state index contributed by atoms with van der Waals surface area (Å²) in [7, 11) is 0. The Bertz CT molecular complexity index is 650. The van der Waals surface area contributed by atoms with Crippen molar-refractivity contribution in [3.63, 3.8) is 0 Å². The maximum Gasteiger partial charge on any atom is 0.239 e. The smallest absolute Gasteiger partial charge is 0.239 e. The number of carbonyl (C=O) groups is 1. The number of benzene rings is 1. The summed E-state index contributed by atoms with van der Waals surface area (Å²) in [4.78, 5) is 16.8. The normalized spacial score (nSPS) is 20.2. The molecule has 0 aliphatic carbocycles. The van der Waals surface area contributed by atoms with Gasteiger partial charge in [0.1, 0.15) is 11.0 Å². The number of hydrogen-bond donors (Lipinski definition) is 2. The van der Waals surface area contributed by atoms with Gasteiger partial charge in [-0.2, -0.15) is 0 Å². The predicted molar refractivity (Wildman–Crippen MR) is 98.7 cm³/mol. The lowest BCUT2D eigenvalue weighted by atomic mass is 10.1. The highest BCUT2D eigenvalue weighted by Gasteiger charge is 2.27. The monoisotopic (exact) mass is 367 g/mol. The van der Waals surface area contributed by atoms with Crippen molar-refractivity contribution in [3.05, 3.63) is 41.4 Å². The SMILES string of the molecule is C[C@H]1OCCN[C@@H]1C(=O)NCCc1csc(-c2ccccc2)n1.Cl. The van der Waals surface area contributed by atoms with Gasteiger partial charge in [-0.15, -0.1) is 23.7 Å².